The highest BCUT2D eigenvalue weighted by Crippen LogP contribution is 2.28. The molecule has 0 saturated carbocycles. The summed E-state index contributed by atoms with van der Waals surface area (Å²) in [4.78, 5) is 13.6. The van der Waals surface area contributed by atoms with E-state index in [4.69, 9.17) is 9.52 Å². The summed E-state index contributed by atoms with van der Waals surface area (Å²) in [7, 11) is 1.33. The van der Waals surface area contributed by atoms with Gasteiger partial charge in [0.2, 0.25) is 5.76 Å². The monoisotopic (exact) mass is 253 g/mol. The summed E-state index contributed by atoms with van der Waals surface area (Å²) in [5.74, 6) is 0.886. The molecule has 0 aliphatic carbocycles. The largest absolute Gasteiger partial charge is 0.463 e. The standard InChI is InChI=1S/C13H19NO4/c1-9(14-6-5-10(7-14)8-15)11-3-4-12(18-11)13(16)17-2/h3-4,9-10,15H,5-8H2,1-2H3/t9-,10+/m1/s1. The van der Waals surface area contributed by atoms with Gasteiger partial charge in [-0.1, -0.05) is 0 Å². The first kappa shape index (κ1) is 13.1. The Bertz CT molecular complexity index is 415. The highest BCUT2D eigenvalue weighted by Gasteiger charge is 2.28. The number of hydrogen-bond donors (Lipinski definition) is 1. The van der Waals surface area contributed by atoms with E-state index in [1.54, 1.807) is 6.07 Å². The van der Waals surface area contributed by atoms with Crippen LogP contribution in [0.5, 0.6) is 0 Å². The van der Waals surface area contributed by atoms with Crippen LogP contribution < -0.4 is 0 Å². The maximum Gasteiger partial charge on any atom is 0.373 e. The summed E-state index contributed by atoms with van der Waals surface area (Å²) >= 11 is 0. The van der Waals surface area contributed by atoms with Crippen LogP contribution in [0.15, 0.2) is 16.5 Å². The minimum Gasteiger partial charge on any atom is -0.463 e. The van der Waals surface area contributed by atoms with Gasteiger partial charge in [-0.25, -0.2) is 4.79 Å². The lowest BCUT2D eigenvalue weighted by molar-refractivity contribution is 0.0559. The molecular formula is C13H19NO4. The summed E-state index contributed by atoms with van der Waals surface area (Å²) in [6.45, 7) is 4.08. The number of furan rings is 1. The smallest absolute Gasteiger partial charge is 0.373 e. The van der Waals surface area contributed by atoms with Crippen molar-refractivity contribution in [2.24, 2.45) is 5.92 Å². The number of aliphatic hydroxyl groups is 1. The number of rotatable bonds is 4. The van der Waals surface area contributed by atoms with Gasteiger partial charge in [0.15, 0.2) is 0 Å². The maximum atomic E-state index is 11.3. The van der Waals surface area contributed by atoms with E-state index >= 15 is 0 Å². The van der Waals surface area contributed by atoms with Gasteiger partial charge in [-0.2, -0.15) is 0 Å². The number of likely N-dealkylation sites (tertiary alicyclic amines) is 1. The van der Waals surface area contributed by atoms with Crippen molar-refractivity contribution >= 4 is 5.97 Å². The Balaban J connectivity index is 2.03. The number of nitrogens with zero attached hydrogens (tertiary/aromatic N) is 1. The number of hydrogen-bond acceptors (Lipinski definition) is 5. The van der Waals surface area contributed by atoms with Crippen molar-refractivity contribution in [3.05, 3.63) is 23.7 Å². The van der Waals surface area contributed by atoms with Gasteiger partial charge in [0.05, 0.1) is 13.2 Å². The SMILES string of the molecule is COC(=O)c1ccc([C@@H](C)N2CC[C@H](CO)C2)o1. The molecule has 18 heavy (non-hydrogen) atoms. The zero-order valence-electron chi connectivity index (χ0n) is 10.8. The van der Waals surface area contributed by atoms with Crippen LogP contribution in [0.4, 0.5) is 0 Å². The van der Waals surface area contributed by atoms with Crippen molar-refractivity contribution in [3.63, 3.8) is 0 Å². The van der Waals surface area contributed by atoms with Gasteiger partial charge in [0.1, 0.15) is 5.76 Å². The fourth-order valence-corrected chi connectivity index (χ4v) is 2.33. The fraction of sp³-hybridized carbons (Fsp3) is 0.615. The van der Waals surface area contributed by atoms with E-state index in [-0.39, 0.29) is 18.4 Å². The van der Waals surface area contributed by atoms with Gasteiger partial charge in [-0.3, -0.25) is 4.90 Å². The first-order chi connectivity index (χ1) is 8.65. The van der Waals surface area contributed by atoms with E-state index < -0.39 is 5.97 Å². The first-order valence-corrected chi connectivity index (χ1v) is 6.18. The Labute approximate surface area is 106 Å². The third-order valence-corrected chi connectivity index (χ3v) is 3.55. The van der Waals surface area contributed by atoms with Crippen LogP contribution in [0.3, 0.4) is 0 Å². The number of methoxy groups -OCH3 is 1. The Morgan fingerprint density at radius 1 is 1.67 bits per heavy atom. The van der Waals surface area contributed by atoms with Gasteiger partial charge < -0.3 is 14.3 Å². The molecule has 2 atom stereocenters. The summed E-state index contributed by atoms with van der Waals surface area (Å²) in [5, 5.41) is 9.13. The predicted molar refractivity (Wildman–Crippen MR) is 65.2 cm³/mol. The van der Waals surface area contributed by atoms with Gasteiger partial charge in [0, 0.05) is 13.2 Å². The number of esters is 1. The highest BCUT2D eigenvalue weighted by molar-refractivity contribution is 5.86. The zero-order valence-corrected chi connectivity index (χ0v) is 10.8. The molecule has 1 aliphatic heterocycles. The second-order valence-electron chi connectivity index (χ2n) is 4.70. The number of aliphatic hydroxyl groups excluding tert-OH is 1. The lowest BCUT2D eigenvalue weighted by Crippen LogP contribution is -2.24. The van der Waals surface area contributed by atoms with Crippen molar-refractivity contribution in [3.8, 4) is 0 Å². The lowest BCUT2D eigenvalue weighted by atomic mass is 10.1. The quantitative estimate of drug-likeness (QED) is 0.823. The molecule has 0 bridgehead atoms. The lowest BCUT2D eigenvalue weighted by Gasteiger charge is -2.22. The Morgan fingerprint density at radius 3 is 3.06 bits per heavy atom. The second-order valence-corrected chi connectivity index (χ2v) is 4.70. The van der Waals surface area contributed by atoms with Crippen molar-refractivity contribution in [2.45, 2.75) is 19.4 Å². The molecule has 2 rings (SSSR count). The molecule has 0 spiro atoms. The molecule has 1 aliphatic rings. The average molecular weight is 253 g/mol. The van der Waals surface area contributed by atoms with Crippen LogP contribution >= 0.6 is 0 Å². The molecule has 0 unspecified atom stereocenters. The van der Waals surface area contributed by atoms with Gasteiger partial charge in [-0.05, 0) is 37.9 Å². The van der Waals surface area contributed by atoms with Crippen molar-refractivity contribution in [2.75, 3.05) is 26.8 Å². The van der Waals surface area contributed by atoms with E-state index in [9.17, 15) is 4.79 Å². The summed E-state index contributed by atoms with van der Waals surface area (Å²) in [5.41, 5.74) is 0. The third kappa shape index (κ3) is 2.57. The van der Waals surface area contributed by atoms with E-state index in [0.717, 1.165) is 25.3 Å². The molecule has 2 heterocycles. The molecule has 100 valence electrons. The average Bonchev–Trinajstić information content (AvgIpc) is 3.05. The Kier molecular flexibility index (Phi) is 4.04. The number of carbonyl (C=O) groups is 1. The van der Waals surface area contributed by atoms with Crippen molar-refractivity contribution in [1.82, 2.24) is 4.90 Å². The van der Waals surface area contributed by atoms with Crippen molar-refractivity contribution < 1.29 is 19.1 Å². The molecule has 1 aromatic rings. The number of ether oxygens (including phenoxy) is 1. The second kappa shape index (κ2) is 5.54. The first-order valence-electron chi connectivity index (χ1n) is 6.18. The molecule has 0 aromatic carbocycles. The number of carbonyl (C=O) groups excluding carboxylic acids is 1. The molecule has 1 saturated heterocycles. The van der Waals surface area contributed by atoms with Crippen LogP contribution in [0.25, 0.3) is 0 Å². The van der Waals surface area contributed by atoms with E-state index in [1.165, 1.54) is 7.11 Å². The summed E-state index contributed by atoms with van der Waals surface area (Å²) in [6, 6.07) is 3.56. The van der Waals surface area contributed by atoms with E-state index in [2.05, 4.69) is 9.64 Å². The van der Waals surface area contributed by atoms with Gasteiger partial charge in [-0.15, -0.1) is 0 Å². The van der Waals surface area contributed by atoms with Gasteiger partial charge >= 0.3 is 5.97 Å². The van der Waals surface area contributed by atoms with Crippen LogP contribution in [0, 0.1) is 5.92 Å². The van der Waals surface area contributed by atoms with Crippen LogP contribution in [-0.2, 0) is 4.74 Å². The summed E-state index contributed by atoms with van der Waals surface area (Å²) < 4.78 is 10.1. The van der Waals surface area contributed by atoms with E-state index in [0.29, 0.717) is 5.92 Å². The molecule has 5 heteroatoms. The summed E-state index contributed by atoms with van der Waals surface area (Å²) in [6.07, 6.45) is 1.01. The van der Waals surface area contributed by atoms with Crippen LogP contribution in [-0.4, -0.2) is 42.8 Å². The zero-order chi connectivity index (χ0) is 13.1. The minimum absolute atomic E-state index is 0.111. The molecule has 1 aromatic heterocycles. The van der Waals surface area contributed by atoms with Crippen LogP contribution in [0.1, 0.15) is 35.7 Å². The van der Waals surface area contributed by atoms with Gasteiger partial charge in [0.25, 0.3) is 0 Å². The Hall–Kier alpha value is -1.33. The normalized spacial score (nSPS) is 22.1. The maximum absolute atomic E-state index is 11.3. The Morgan fingerprint density at radius 2 is 2.44 bits per heavy atom. The molecule has 0 amide bonds. The fourth-order valence-electron chi connectivity index (χ4n) is 2.33. The molecule has 5 nitrogen and oxygen atoms in total. The third-order valence-electron chi connectivity index (χ3n) is 3.55. The minimum atomic E-state index is -0.455. The topological polar surface area (TPSA) is 62.9 Å². The molecule has 0 radical (unpaired) electrons. The molecule has 1 fully saturated rings. The highest BCUT2D eigenvalue weighted by atomic mass is 16.5. The van der Waals surface area contributed by atoms with Crippen LogP contribution in [0.2, 0.25) is 0 Å². The predicted octanol–water partition coefficient (Wildman–Crippen LogP) is 1.44. The van der Waals surface area contributed by atoms with E-state index in [1.807, 2.05) is 13.0 Å². The van der Waals surface area contributed by atoms with Crippen molar-refractivity contribution in [1.29, 1.82) is 0 Å². The molecule has 1 N–H and O–H groups in total. The molecular weight excluding hydrogens is 234 g/mol.